The summed E-state index contributed by atoms with van der Waals surface area (Å²) >= 11 is 0. The zero-order valence-corrected chi connectivity index (χ0v) is 23.9. The molecule has 4 aliphatic rings. The number of fused-ring (bicyclic) bond motifs is 3. The number of benzene rings is 2. The lowest BCUT2D eigenvalue weighted by Gasteiger charge is -2.42. The van der Waals surface area contributed by atoms with Crippen LogP contribution in [0.25, 0.3) is 11.1 Å². The molecule has 1 aliphatic carbocycles. The second-order valence-electron chi connectivity index (χ2n) is 11.9. The summed E-state index contributed by atoms with van der Waals surface area (Å²) < 4.78 is 12.6. The monoisotopic (exact) mass is 544 g/mol. The summed E-state index contributed by atoms with van der Waals surface area (Å²) in [6.45, 7) is 6.55. The molecule has 0 unspecified atom stereocenters. The lowest BCUT2D eigenvalue weighted by atomic mass is 9.78. The summed E-state index contributed by atoms with van der Waals surface area (Å²) in [5, 5.41) is 9.71. The maximum atomic E-state index is 13.9. The van der Waals surface area contributed by atoms with Gasteiger partial charge in [0, 0.05) is 44.2 Å². The fourth-order valence-electron chi connectivity index (χ4n) is 7.48. The van der Waals surface area contributed by atoms with E-state index in [0.29, 0.717) is 24.8 Å². The van der Waals surface area contributed by atoms with E-state index in [-0.39, 0.29) is 24.3 Å². The minimum Gasteiger partial charge on any atom is -0.459 e. The van der Waals surface area contributed by atoms with Crippen LogP contribution in [0.3, 0.4) is 0 Å². The SMILES string of the molecule is CCO[C@H]1OC(C(=O)N2CCC(N3CCCCC3)CC2)=C[C@@H](c2cccc3c2Cc2ccccc2-3)[C@@H]1CCCO. The molecule has 40 heavy (non-hydrogen) atoms. The average Bonchev–Trinajstić information content (AvgIpc) is 3.39. The molecule has 0 spiro atoms. The van der Waals surface area contributed by atoms with Crippen molar-refractivity contribution in [3.63, 3.8) is 0 Å². The Morgan fingerprint density at radius 3 is 2.55 bits per heavy atom. The Bertz CT molecular complexity index is 1210. The lowest BCUT2D eigenvalue weighted by Crippen LogP contribution is -2.49. The van der Waals surface area contributed by atoms with Gasteiger partial charge >= 0.3 is 0 Å². The van der Waals surface area contributed by atoms with Crippen molar-refractivity contribution in [1.82, 2.24) is 9.80 Å². The Morgan fingerprint density at radius 2 is 1.77 bits per heavy atom. The maximum absolute atomic E-state index is 13.9. The molecule has 0 saturated carbocycles. The Labute approximate surface area is 239 Å². The molecular weight excluding hydrogens is 500 g/mol. The van der Waals surface area contributed by atoms with E-state index >= 15 is 0 Å². The van der Waals surface area contributed by atoms with Crippen molar-refractivity contribution in [2.45, 2.75) is 76.5 Å². The molecule has 6 heteroatoms. The predicted octanol–water partition coefficient (Wildman–Crippen LogP) is 5.48. The molecule has 6 nitrogen and oxygen atoms in total. The fourth-order valence-corrected chi connectivity index (χ4v) is 7.48. The summed E-state index contributed by atoms with van der Waals surface area (Å²) in [5.41, 5.74) is 6.53. The quantitative estimate of drug-likeness (QED) is 0.407. The van der Waals surface area contributed by atoms with Crippen LogP contribution in [-0.4, -0.2) is 72.5 Å². The zero-order valence-electron chi connectivity index (χ0n) is 23.9. The second-order valence-corrected chi connectivity index (χ2v) is 11.9. The molecule has 0 bridgehead atoms. The number of carbonyl (C=O) groups excluding carboxylic acids is 1. The van der Waals surface area contributed by atoms with Crippen LogP contribution in [0.1, 0.15) is 74.5 Å². The molecule has 3 heterocycles. The summed E-state index contributed by atoms with van der Waals surface area (Å²) in [6, 6.07) is 15.8. The van der Waals surface area contributed by atoms with Crippen LogP contribution in [0.2, 0.25) is 0 Å². The third-order valence-corrected chi connectivity index (χ3v) is 9.53. The van der Waals surface area contributed by atoms with Gasteiger partial charge in [0.15, 0.2) is 5.76 Å². The number of hydrogen-bond donors (Lipinski definition) is 1. The normalized spacial score (nSPS) is 25.2. The molecule has 1 N–H and O–H groups in total. The molecule has 2 fully saturated rings. The first-order chi connectivity index (χ1) is 19.7. The van der Waals surface area contributed by atoms with Crippen LogP contribution in [0, 0.1) is 5.92 Å². The number of aliphatic hydroxyl groups excluding tert-OH is 1. The van der Waals surface area contributed by atoms with Crippen molar-refractivity contribution in [1.29, 1.82) is 0 Å². The minimum absolute atomic E-state index is 0.0109. The van der Waals surface area contributed by atoms with E-state index in [0.717, 1.165) is 38.8 Å². The van der Waals surface area contributed by atoms with Crippen molar-refractivity contribution >= 4 is 5.91 Å². The first kappa shape index (κ1) is 27.5. The number of ether oxygens (including phenoxy) is 2. The molecule has 3 aliphatic heterocycles. The molecule has 0 aromatic heterocycles. The lowest BCUT2D eigenvalue weighted by molar-refractivity contribution is -0.171. The molecule has 214 valence electrons. The maximum Gasteiger partial charge on any atom is 0.288 e. The van der Waals surface area contributed by atoms with Crippen molar-refractivity contribution in [3.8, 4) is 11.1 Å². The van der Waals surface area contributed by atoms with Gasteiger partial charge in [-0.1, -0.05) is 48.9 Å². The number of carbonyl (C=O) groups is 1. The fraction of sp³-hybridized carbons (Fsp3) is 0.559. The molecule has 3 atom stereocenters. The Morgan fingerprint density at radius 1 is 1.00 bits per heavy atom. The second kappa shape index (κ2) is 12.5. The van der Waals surface area contributed by atoms with Gasteiger partial charge in [-0.25, -0.2) is 0 Å². The Balaban J connectivity index is 1.28. The van der Waals surface area contributed by atoms with Crippen molar-refractivity contribution in [3.05, 3.63) is 71.0 Å². The van der Waals surface area contributed by atoms with E-state index in [9.17, 15) is 9.90 Å². The standard InChI is InChI=1S/C34H44N2O4/c1-2-39-34-29(14-9-21-37)31(28-13-8-12-27-26-11-5-4-10-24(26)22-30(27)28)23-32(40-34)33(38)36-19-15-25(16-20-36)35-17-6-3-7-18-35/h4-5,8,10-13,23,25,29,31,34,37H,2-3,6-7,9,14-22H2,1H3/t29-,31-,34-/m0/s1. The molecule has 2 aromatic rings. The van der Waals surface area contributed by atoms with E-state index in [1.807, 2.05) is 11.8 Å². The van der Waals surface area contributed by atoms with Crippen LogP contribution in [0.5, 0.6) is 0 Å². The summed E-state index contributed by atoms with van der Waals surface area (Å²) in [5.74, 6) is 0.408. The highest BCUT2D eigenvalue weighted by atomic mass is 16.7. The first-order valence-corrected chi connectivity index (χ1v) is 15.5. The largest absolute Gasteiger partial charge is 0.459 e. The van der Waals surface area contributed by atoms with Crippen LogP contribution in [0.15, 0.2) is 54.3 Å². The molecule has 1 amide bonds. The Kier molecular flexibility index (Phi) is 8.56. The van der Waals surface area contributed by atoms with E-state index < -0.39 is 6.29 Å². The van der Waals surface area contributed by atoms with Crippen LogP contribution in [-0.2, 0) is 20.7 Å². The number of piperidine rings is 2. The van der Waals surface area contributed by atoms with Crippen LogP contribution >= 0.6 is 0 Å². The molecule has 2 saturated heterocycles. The van der Waals surface area contributed by atoms with Crippen LogP contribution < -0.4 is 0 Å². The van der Waals surface area contributed by atoms with Gasteiger partial charge in [0.1, 0.15) is 0 Å². The molecular formula is C34H44N2O4. The van der Waals surface area contributed by atoms with E-state index in [1.54, 1.807) is 0 Å². The highest BCUT2D eigenvalue weighted by Gasteiger charge is 2.41. The van der Waals surface area contributed by atoms with E-state index in [2.05, 4.69) is 53.4 Å². The summed E-state index contributed by atoms with van der Waals surface area (Å²) in [6.07, 6.45) is 9.89. The molecule has 6 rings (SSSR count). The number of amides is 1. The first-order valence-electron chi connectivity index (χ1n) is 15.5. The van der Waals surface area contributed by atoms with Crippen LogP contribution in [0.4, 0.5) is 0 Å². The predicted molar refractivity (Wildman–Crippen MR) is 157 cm³/mol. The van der Waals surface area contributed by atoms with Gasteiger partial charge in [-0.3, -0.25) is 4.79 Å². The van der Waals surface area contributed by atoms with Crippen molar-refractivity contribution < 1.29 is 19.4 Å². The van der Waals surface area contributed by atoms with Crippen molar-refractivity contribution in [2.75, 3.05) is 39.4 Å². The van der Waals surface area contributed by atoms with Gasteiger partial charge in [0.2, 0.25) is 6.29 Å². The number of nitrogens with zero attached hydrogens (tertiary/aromatic N) is 2. The van der Waals surface area contributed by atoms with Gasteiger partial charge in [-0.05, 0) is 98.9 Å². The van der Waals surface area contributed by atoms with E-state index in [4.69, 9.17) is 9.47 Å². The average molecular weight is 545 g/mol. The third kappa shape index (κ3) is 5.46. The smallest absolute Gasteiger partial charge is 0.288 e. The zero-order chi connectivity index (χ0) is 27.5. The molecule has 2 aromatic carbocycles. The third-order valence-electron chi connectivity index (χ3n) is 9.53. The van der Waals surface area contributed by atoms with Gasteiger partial charge in [0.25, 0.3) is 5.91 Å². The van der Waals surface area contributed by atoms with Gasteiger partial charge < -0.3 is 24.4 Å². The van der Waals surface area contributed by atoms with Gasteiger partial charge in [0.05, 0.1) is 0 Å². The number of rotatable bonds is 8. The summed E-state index contributed by atoms with van der Waals surface area (Å²) in [4.78, 5) is 18.6. The topological polar surface area (TPSA) is 62.2 Å². The van der Waals surface area contributed by atoms with Gasteiger partial charge in [-0.15, -0.1) is 0 Å². The van der Waals surface area contributed by atoms with E-state index in [1.165, 1.54) is 60.2 Å². The Hall–Kier alpha value is -2.67. The highest BCUT2D eigenvalue weighted by molar-refractivity contribution is 5.92. The molecule has 0 radical (unpaired) electrons. The van der Waals surface area contributed by atoms with Gasteiger partial charge in [-0.2, -0.15) is 0 Å². The highest BCUT2D eigenvalue weighted by Crippen LogP contribution is 2.46. The number of hydrogen-bond acceptors (Lipinski definition) is 5. The number of likely N-dealkylation sites (tertiary alicyclic amines) is 2. The minimum atomic E-state index is -0.518. The van der Waals surface area contributed by atoms with Crippen molar-refractivity contribution in [2.24, 2.45) is 5.92 Å². The number of aliphatic hydroxyl groups is 1. The number of allylic oxidation sites excluding steroid dienone is 1. The summed E-state index contributed by atoms with van der Waals surface area (Å²) in [7, 11) is 0.